The summed E-state index contributed by atoms with van der Waals surface area (Å²) in [4.78, 5) is 0. The Hall–Kier alpha value is -2.23. The van der Waals surface area contributed by atoms with Crippen LogP contribution in [0.5, 0.6) is 0 Å². The van der Waals surface area contributed by atoms with Gasteiger partial charge in [-0.2, -0.15) is 5.10 Å². The van der Waals surface area contributed by atoms with Crippen LogP contribution in [0.25, 0.3) is 5.69 Å². The van der Waals surface area contributed by atoms with Crippen LogP contribution in [0.4, 0.5) is 0 Å². The highest BCUT2D eigenvalue weighted by molar-refractivity contribution is 6.30. The van der Waals surface area contributed by atoms with Crippen molar-refractivity contribution >= 4 is 29.4 Å². The lowest BCUT2D eigenvalue weighted by Crippen LogP contribution is -2.05. The molecule has 0 aliphatic rings. The first-order valence-electron chi connectivity index (χ1n) is 8.00. The normalized spacial score (nSPS) is 11.2. The molecule has 2 aromatic carbocycles. The summed E-state index contributed by atoms with van der Waals surface area (Å²) < 4.78 is 2.19. The van der Waals surface area contributed by atoms with Gasteiger partial charge in [0.2, 0.25) is 0 Å². The van der Waals surface area contributed by atoms with Gasteiger partial charge < -0.3 is 9.99 Å². The third-order valence-corrected chi connectivity index (χ3v) is 4.55. The minimum absolute atomic E-state index is 0.656. The van der Waals surface area contributed by atoms with Crippen molar-refractivity contribution in [3.8, 4) is 5.69 Å². The molecule has 3 nitrogen and oxygen atoms in total. The lowest BCUT2D eigenvalue weighted by atomic mass is 10.2. The zero-order chi connectivity index (χ0) is 17.8. The van der Waals surface area contributed by atoms with E-state index in [-0.39, 0.29) is 0 Å². The van der Waals surface area contributed by atoms with Crippen molar-refractivity contribution in [3.05, 3.63) is 87.2 Å². The molecule has 1 N–H and O–H groups in total. The topological polar surface area (TPSA) is 29.3 Å². The molecule has 0 fully saturated rings. The van der Waals surface area contributed by atoms with E-state index < -0.39 is 0 Å². The van der Waals surface area contributed by atoms with Crippen LogP contribution >= 0.6 is 23.2 Å². The van der Waals surface area contributed by atoms with Gasteiger partial charge in [0.1, 0.15) is 0 Å². The van der Waals surface area contributed by atoms with Gasteiger partial charge in [-0.25, -0.2) is 0 Å². The summed E-state index contributed by atoms with van der Waals surface area (Å²) in [6.45, 7) is 4.83. The van der Waals surface area contributed by atoms with Gasteiger partial charge >= 0.3 is 0 Å². The van der Waals surface area contributed by atoms with E-state index in [1.807, 2.05) is 54.7 Å². The molecule has 0 saturated heterocycles. The van der Waals surface area contributed by atoms with Crippen molar-refractivity contribution in [2.45, 2.75) is 20.4 Å². The van der Waals surface area contributed by atoms with Gasteiger partial charge in [-0.15, -0.1) is 0 Å². The first kappa shape index (κ1) is 17.6. The number of hydrazone groups is 1. The maximum absolute atomic E-state index is 5.98. The predicted octanol–water partition coefficient (Wildman–Crippen LogP) is 5.52. The van der Waals surface area contributed by atoms with Crippen LogP contribution in [0, 0.1) is 13.8 Å². The third kappa shape index (κ3) is 4.25. The Bertz CT molecular complexity index is 879. The highest BCUT2D eigenvalue weighted by Crippen LogP contribution is 2.21. The standard InChI is InChI=1S/C20H19Cl2N3/c1-14-11-17(13-24-23-12-16-3-5-18(21)6-4-16)15(2)25(14)20-9-7-19(22)8-10-20/h3-11,13,23H,12H2,1-2H3/b24-13-. The van der Waals surface area contributed by atoms with Crippen molar-refractivity contribution in [3.63, 3.8) is 0 Å². The van der Waals surface area contributed by atoms with Crippen LogP contribution in [0.1, 0.15) is 22.5 Å². The molecule has 1 heterocycles. The summed E-state index contributed by atoms with van der Waals surface area (Å²) in [6.07, 6.45) is 1.85. The van der Waals surface area contributed by atoms with Gasteiger partial charge in [-0.05, 0) is 61.9 Å². The zero-order valence-corrected chi connectivity index (χ0v) is 15.6. The van der Waals surface area contributed by atoms with Crippen molar-refractivity contribution in [2.24, 2.45) is 5.10 Å². The average molecular weight is 372 g/mol. The Labute approximate surface area is 157 Å². The quantitative estimate of drug-likeness (QED) is 0.463. The second-order valence-corrected chi connectivity index (χ2v) is 6.73. The number of hydrogen-bond acceptors (Lipinski definition) is 2. The largest absolute Gasteiger partial charge is 0.318 e. The summed E-state index contributed by atoms with van der Waals surface area (Å²) in [5.74, 6) is 0. The summed E-state index contributed by atoms with van der Waals surface area (Å²) in [5.41, 5.74) is 8.66. The van der Waals surface area contributed by atoms with E-state index >= 15 is 0 Å². The molecule has 128 valence electrons. The van der Waals surface area contributed by atoms with Gasteiger partial charge in [0.25, 0.3) is 0 Å². The van der Waals surface area contributed by atoms with E-state index in [1.54, 1.807) is 0 Å². The van der Waals surface area contributed by atoms with Crippen molar-refractivity contribution in [2.75, 3.05) is 0 Å². The molecule has 5 heteroatoms. The van der Waals surface area contributed by atoms with Crippen LogP contribution in [0.2, 0.25) is 10.0 Å². The summed E-state index contributed by atoms with van der Waals surface area (Å²) in [7, 11) is 0. The van der Waals surface area contributed by atoms with E-state index in [0.717, 1.165) is 38.2 Å². The molecule has 1 aromatic heterocycles. The van der Waals surface area contributed by atoms with Crippen LogP contribution in [-0.4, -0.2) is 10.8 Å². The number of nitrogens with one attached hydrogen (secondary N) is 1. The number of rotatable bonds is 5. The number of aryl methyl sites for hydroxylation is 1. The van der Waals surface area contributed by atoms with Gasteiger partial charge in [-0.3, -0.25) is 0 Å². The molecule has 3 rings (SSSR count). The maximum Gasteiger partial charge on any atom is 0.0580 e. The molecular weight excluding hydrogens is 353 g/mol. The molecule has 0 spiro atoms. The molecule has 0 amide bonds. The Morgan fingerprint density at radius 3 is 2.20 bits per heavy atom. The molecule has 0 radical (unpaired) electrons. The van der Waals surface area contributed by atoms with E-state index in [1.165, 1.54) is 0 Å². The minimum atomic E-state index is 0.656. The number of benzene rings is 2. The maximum atomic E-state index is 5.98. The molecule has 0 atom stereocenters. The highest BCUT2D eigenvalue weighted by Gasteiger charge is 2.09. The van der Waals surface area contributed by atoms with Crippen LogP contribution in [0.3, 0.4) is 0 Å². The fraction of sp³-hybridized carbons (Fsp3) is 0.150. The number of nitrogens with zero attached hydrogens (tertiary/aromatic N) is 2. The lowest BCUT2D eigenvalue weighted by Gasteiger charge is -2.09. The van der Waals surface area contributed by atoms with Crippen LogP contribution in [-0.2, 0) is 6.54 Å². The van der Waals surface area contributed by atoms with E-state index in [4.69, 9.17) is 23.2 Å². The summed E-state index contributed by atoms with van der Waals surface area (Å²) in [6, 6.07) is 17.7. The third-order valence-electron chi connectivity index (χ3n) is 4.05. The molecule has 0 bridgehead atoms. The van der Waals surface area contributed by atoms with Crippen molar-refractivity contribution in [1.82, 2.24) is 9.99 Å². The number of halogens is 2. The molecule has 0 aliphatic heterocycles. The SMILES string of the molecule is Cc1cc(/C=N\NCc2ccc(Cl)cc2)c(C)n1-c1ccc(Cl)cc1. The number of aromatic nitrogens is 1. The van der Waals surface area contributed by atoms with E-state index in [0.29, 0.717) is 6.54 Å². The molecule has 25 heavy (non-hydrogen) atoms. The highest BCUT2D eigenvalue weighted by atomic mass is 35.5. The first-order valence-corrected chi connectivity index (χ1v) is 8.75. The average Bonchev–Trinajstić information content (AvgIpc) is 2.88. The monoisotopic (exact) mass is 371 g/mol. The zero-order valence-electron chi connectivity index (χ0n) is 14.1. The minimum Gasteiger partial charge on any atom is -0.318 e. The van der Waals surface area contributed by atoms with Crippen LogP contribution in [0.15, 0.2) is 59.7 Å². The fourth-order valence-electron chi connectivity index (χ4n) is 2.76. The molecule has 0 saturated carbocycles. The summed E-state index contributed by atoms with van der Waals surface area (Å²) >= 11 is 11.9. The summed E-state index contributed by atoms with van der Waals surface area (Å²) in [5, 5.41) is 5.81. The molecule has 3 aromatic rings. The second-order valence-electron chi connectivity index (χ2n) is 5.86. The van der Waals surface area contributed by atoms with Gasteiger partial charge in [0, 0.05) is 32.7 Å². The Kier molecular flexibility index (Phi) is 5.47. The van der Waals surface area contributed by atoms with Gasteiger partial charge in [0.05, 0.1) is 12.8 Å². The van der Waals surface area contributed by atoms with Gasteiger partial charge in [-0.1, -0.05) is 35.3 Å². The first-order chi connectivity index (χ1) is 12.0. The second kappa shape index (κ2) is 7.77. The van der Waals surface area contributed by atoms with Crippen molar-refractivity contribution < 1.29 is 0 Å². The predicted molar refractivity (Wildman–Crippen MR) is 106 cm³/mol. The van der Waals surface area contributed by atoms with E-state index in [9.17, 15) is 0 Å². The van der Waals surface area contributed by atoms with Gasteiger partial charge in [0.15, 0.2) is 0 Å². The lowest BCUT2D eigenvalue weighted by molar-refractivity contribution is 0.748. The molecule has 0 aliphatic carbocycles. The molecule has 0 unspecified atom stereocenters. The number of hydrogen-bond donors (Lipinski definition) is 1. The Balaban J connectivity index is 1.71. The smallest absolute Gasteiger partial charge is 0.0580 e. The molecular formula is C20H19Cl2N3. The fourth-order valence-corrected chi connectivity index (χ4v) is 3.01. The Morgan fingerprint density at radius 1 is 0.960 bits per heavy atom. The van der Waals surface area contributed by atoms with Crippen molar-refractivity contribution in [1.29, 1.82) is 0 Å². The van der Waals surface area contributed by atoms with E-state index in [2.05, 4.69) is 35.0 Å². The van der Waals surface area contributed by atoms with Crippen LogP contribution < -0.4 is 5.43 Å². The Morgan fingerprint density at radius 2 is 1.56 bits per heavy atom.